The maximum Gasteiger partial charge on any atom is 0.341 e. The summed E-state index contributed by atoms with van der Waals surface area (Å²) in [6.45, 7) is 8.04. The summed E-state index contributed by atoms with van der Waals surface area (Å²) < 4.78 is 7.27. The lowest BCUT2D eigenvalue weighted by Gasteiger charge is -2.11. The number of aryl methyl sites for hydroxylation is 1. The fourth-order valence-electron chi connectivity index (χ4n) is 4.29. The van der Waals surface area contributed by atoms with E-state index in [2.05, 4.69) is 9.88 Å². The van der Waals surface area contributed by atoms with E-state index in [1.54, 1.807) is 32.1 Å². The van der Waals surface area contributed by atoms with Crippen molar-refractivity contribution in [1.29, 1.82) is 5.26 Å². The number of carbonyl (C=O) groups is 2. The number of amides is 1. The van der Waals surface area contributed by atoms with Gasteiger partial charge in [0.15, 0.2) is 0 Å². The zero-order chi connectivity index (χ0) is 27.6. The quantitative estimate of drug-likeness (QED) is 0.141. The van der Waals surface area contributed by atoms with Crippen molar-refractivity contribution in [3.8, 4) is 6.07 Å². The molecule has 0 fully saturated rings. The molecule has 1 amide bonds. The van der Waals surface area contributed by atoms with Gasteiger partial charge < -0.3 is 14.6 Å². The SMILES string of the molecule is CCOC(=O)c1c(NC(=O)C(C#N)=Cc2c(C)n(Cc3ccc(Cl)cc3Cl)c3ccccc23)sc(C)c1C. The monoisotopic (exact) mass is 565 g/mol. The van der Waals surface area contributed by atoms with Gasteiger partial charge in [-0.05, 0) is 63.1 Å². The maximum absolute atomic E-state index is 13.2. The van der Waals surface area contributed by atoms with E-state index in [9.17, 15) is 14.9 Å². The molecule has 0 radical (unpaired) electrons. The van der Waals surface area contributed by atoms with Crippen LogP contribution < -0.4 is 5.32 Å². The van der Waals surface area contributed by atoms with Gasteiger partial charge in [0.1, 0.15) is 16.6 Å². The largest absolute Gasteiger partial charge is 0.462 e. The number of fused-ring (bicyclic) bond motifs is 1. The first-order valence-electron chi connectivity index (χ1n) is 11.9. The van der Waals surface area contributed by atoms with Gasteiger partial charge in [-0.1, -0.05) is 47.5 Å². The van der Waals surface area contributed by atoms with Crippen LogP contribution in [0.4, 0.5) is 5.00 Å². The Bertz CT molecular complexity index is 1640. The Balaban J connectivity index is 1.74. The topological polar surface area (TPSA) is 84.1 Å². The average molecular weight is 567 g/mol. The molecule has 38 heavy (non-hydrogen) atoms. The predicted molar refractivity (Wildman–Crippen MR) is 154 cm³/mol. The highest BCUT2D eigenvalue weighted by molar-refractivity contribution is 7.16. The molecule has 0 aliphatic rings. The van der Waals surface area contributed by atoms with Crippen molar-refractivity contribution in [2.45, 2.75) is 34.2 Å². The van der Waals surface area contributed by atoms with Gasteiger partial charge in [0.2, 0.25) is 0 Å². The molecule has 4 rings (SSSR count). The predicted octanol–water partition coefficient (Wildman–Crippen LogP) is 7.71. The summed E-state index contributed by atoms with van der Waals surface area (Å²) >= 11 is 13.8. The first-order chi connectivity index (χ1) is 18.2. The van der Waals surface area contributed by atoms with E-state index in [0.29, 0.717) is 27.2 Å². The highest BCUT2D eigenvalue weighted by Gasteiger charge is 2.24. The molecule has 0 saturated heterocycles. The summed E-state index contributed by atoms with van der Waals surface area (Å²) in [5.41, 5.74) is 4.42. The van der Waals surface area contributed by atoms with Crippen molar-refractivity contribution in [1.82, 2.24) is 4.57 Å². The number of carbonyl (C=O) groups excluding carboxylic acids is 2. The average Bonchev–Trinajstić information content (AvgIpc) is 3.31. The zero-order valence-electron chi connectivity index (χ0n) is 21.3. The Hall–Kier alpha value is -3.57. The molecule has 1 N–H and O–H groups in total. The highest BCUT2D eigenvalue weighted by Crippen LogP contribution is 2.34. The number of aromatic nitrogens is 1. The summed E-state index contributed by atoms with van der Waals surface area (Å²) in [5, 5.41) is 15.1. The van der Waals surface area contributed by atoms with Gasteiger partial charge >= 0.3 is 5.97 Å². The molecular weight excluding hydrogens is 541 g/mol. The first kappa shape index (κ1) is 27.5. The van der Waals surface area contributed by atoms with Gasteiger partial charge in [0.25, 0.3) is 5.91 Å². The van der Waals surface area contributed by atoms with Gasteiger partial charge in [-0.25, -0.2) is 4.79 Å². The summed E-state index contributed by atoms with van der Waals surface area (Å²) in [6.07, 6.45) is 1.59. The Kier molecular flexibility index (Phi) is 8.27. The van der Waals surface area contributed by atoms with Crippen LogP contribution >= 0.6 is 34.5 Å². The van der Waals surface area contributed by atoms with Gasteiger partial charge in [-0.2, -0.15) is 5.26 Å². The highest BCUT2D eigenvalue weighted by atomic mass is 35.5. The summed E-state index contributed by atoms with van der Waals surface area (Å²) in [5.74, 6) is -1.11. The third-order valence-corrected chi connectivity index (χ3v) is 8.08. The molecule has 2 aromatic carbocycles. The summed E-state index contributed by atoms with van der Waals surface area (Å²) in [4.78, 5) is 26.7. The molecule has 9 heteroatoms. The van der Waals surface area contributed by atoms with Crippen LogP contribution in [0.15, 0.2) is 48.0 Å². The maximum atomic E-state index is 13.2. The van der Waals surface area contributed by atoms with Crippen LogP contribution in [0, 0.1) is 32.1 Å². The van der Waals surface area contributed by atoms with E-state index in [1.165, 1.54) is 11.3 Å². The molecule has 194 valence electrons. The van der Waals surface area contributed by atoms with E-state index in [1.807, 2.05) is 50.2 Å². The van der Waals surface area contributed by atoms with E-state index in [-0.39, 0.29) is 12.2 Å². The van der Waals surface area contributed by atoms with Gasteiger partial charge in [0, 0.05) is 43.6 Å². The van der Waals surface area contributed by atoms with E-state index >= 15 is 0 Å². The van der Waals surface area contributed by atoms with Crippen LogP contribution in [-0.2, 0) is 16.1 Å². The second kappa shape index (κ2) is 11.4. The molecule has 0 aliphatic heterocycles. The number of rotatable bonds is 7. The minimum atomic E-state index is -0.601. The van der Waals surface area contributed by atoms with Gasteiger partial charge in [0.05, 0.1) is 12.2 Å². The van der Waals surface area contributed by atoms with E-state index < -0.39 is 11.9 Å². The molecule has 4 aromatic rings. The minimum Gasteiger partial charge on any atom is -0.462 e. The summed E-state index contributed by atoms with van der Waals surface area (Å²) in [6, 6.07) is 15.2. The molecule has 0 atom stereocenters. The molecule has 0 bridgehead atoms. The molecule has 2 heterocycles. The minimum absolute atomic E-state index is 0.0842. The molecule has 0 aliphatic carbocycles. The number of ether oxygens (including phenoxy) is 1. The first-order valence-corrected chi connectivity index (χ1v) is 13.5. The fourth-order valence-corrected chi connectivity index (χ4v) is 5.80. The Morgan fingerprint density at radius 2 is 1.89 bits per heavy atom. The molecular formula is C29H25Cl2N3O3S. The number of benzene rings is 2. The van der Waals surface area contributed by atoms with Crippen LogP contribution in [0.5, 0.6) is 0 Å². The second-order valence-corrected chi connectivity index (χ2v) is 10.7. The lowest BCUT2D eigenvalue weighted by atomic mass is 10.1. The van der Waals surface area contributed by atoms with Crippen molar-refractivity contribution in [2.24, 2.45) is 0 Å². The summed E-state index contributed by atoms with van der Waals surface area (Å²) in [7, 11) is 0. The van der Waals surface area contributed by atoms with Crippen LogP contribution in [0.2, 0.25) is 10.0 Å². The number of hydrogen-bond acceptors (Lipinski definition) is 5. The van der Waals surface area contributed by atoms with E-state index in [0.717, 1.165) is 38.2 Å². The van der Waals surface area contributed by atoms with Gasteiger partial charge in [-0.15, -0.1) is 11.3 Å². The van der Waals surface area contributed by atoms with E-state index in [4.69, 9.17) is 27.9 Å². The molecule has 6 nitrogen and oxygen atoms in total. The number of thiophene rings is 1. The second-order valence-electron chi connectivity index (χ2n) is 8.67. The van der Waals surface area contributed by atoms with Crippen molar-refractivity contribution in [3.05, 3.63) is 90.9 Å². The normalized spacial score (nSPS) is 11.4. The smallest absolute Gasteiger partial charge is 0.341 e. The molecule has 0 spiro atoms. The zero-order valence-corrected chi connectivity index (χ0v) is 23.6. The molecule has 0 unspecified atom stereocenters. The number of para-hydroxylation sites is 1. The number of esters is 1. The number of nitrogens with zero attached hydrogens (tertiary/aromatic N) is 2. The Morgan fingerprint density at radius 3 is 2.58 bits per heavy atom. The Morgan fingerprint density at radius 1 is 1.16 bits per heavy atom. The van der Waals surface area contributed by atoms with Crippen molar-refractivity contribution >= 4 is 68.4 Å². The molecule has 0 saturated carbocycles. The molecule has 2 aromatic heterocycles. The van der Waals surface area contributed by atoms with Crippen molar-refractivity contribution < 1.29 is 14.3 Å². The van der Waals surface area contributed by atoms with Gasteiger partial charge in [-0.3, -0.25) is 4.79 Å². The fraction of sp³-hybridized carbons (Fsp3) is 0.207. The third kappa shape index (κ3) is 5.34. The van der Waals surface area contributed by atoms with Crippen molar-refractivity contribution in [2.75, 3.05) is 11.9 Å². The van der Waals surface area contributed by atoms with Crippen LogP contribution in [0.1, 0.15) is 44.5 Å². The Labute approximate surface area is 235 Å². The number of hydrogen-bond donors (Lipinski definition) is 1. The number of nitrogens with one attached hydrogen (secondary N) is 1. The standard InChI is InChI=1S/C29H25Cl2N3O3S/c1-5-37-29(36)26-16(2)18(4)38-28(26)33-27(35)20(14-32)12-23-17(3)34(25-9-7-6-8-22(23)25)15-19-10-11-21(30)13-24(19)31/h6-13H,5,15H2,1-4H3,(H,33,35). The van der Waals surface area contributed by atoms with Crippen LogP contribution in [0.3, 0.4) is 0 Å². The van der Waals surface area contributed by atoms with Crippen LogP contribution in [0.25, 0.3) is 17.0 Å². The van der Waals surface area contributed by atoms with Crippen molar-refractivity contribution in [3.63, 3.8) is 0 Å². The van der Waals surface area contributed by atoms with Crippen LogP contribution in [-0.4, -0.2) is 23.1 Å². The number of halogens is 2. The third-order valence-electron chi connectivity index (χ3n) is 6.37. The lowest BCUT2D eigenvalue weighted by Crippen LogP contribution is -2.16. The number of nitriles is 1. The lowest BCUT2D eigenvalue weighted by molar-refractivity contribution is -0.112. The number of anilines is 1.